The van der Waals surface area contributed by atoms with Crippen LogP contribution in [0.2, 0.25) is 19.6 Å². The molecule has 1 aromatic carbocycles. The Hall–Kier alpha value is -2.00. The van der Waals surface area contributed by atoms with E-state index in [1.54, 1.807) is 44.2 Å². The van der Waals surface area contributed by atoms with E-state index in [1.807, 2.05) is 19.6 Å². The first-order valence-corrected chi connectivity index (χ1v) is 14.8. The van der Waals surface area contributed by atoms with Gasteiger partial charge in [-0.15, -0.1) is 5.54 Å². The highest BCUT2D eigenvalue weighted by Gasteiger charge is 2.66. The van der Waals surface area contributed by atoms with Crippen LogP contribution in [0.25, 0.3) is 0 Å². The Bertz CT molecular complexity index is 1050. The van der Waals surface area contributed by atoms with Gasteiger partial charge in [0.05, 0.1) is 0 Å². The maximum atomic E-state index is 13.1. The van der Waals surface area contributed by atoms with Crippen molar-refractivity contribution in [1.29, 1.82) is 0 Å². The van der Waals surface area contributed by atoms with Crippen LogP contribution in [0.1, 0.15) is 20.3 Å². The molecule has 176 valence electrons. The first-order chi connectivity index (χ1) is 14.6. The van der Waals surface area contributed by atoms with Crippen molar-refractivity contribution in [2.24, 2.45) is 0 Å². The maximum Gasteiger partial charge on any atom is 0.534 e. The molecule has 0 N–H and O–H groups in total. The minimum atomic E-state index is -5.94. The summed E-state index contributed by atoms with van der Waals surface area (Å²) in [6.07, 6.45) is -0.767. The number of hydrogen-bond donors (Lipinski definition) is 0. The number of rotatable bonds is 5. The second-order valence-corrected chi connectivity index (χ2v) is 15.3. The summed E-state index contributed by atoms with van der Waals surface area (Å²) < 4.78 is 85.6. The van der Waals surface area contributed by atoms with Gasteiger partial charge in [0, 0.05) is 0 Å². The fourth-order valence-electron chi connectivity index (χ4n) is 3.49. The largest absolute Gasteiger partial charge is 0.534 e. The van der Waals surface area contributed by atoms with Gasteiger partial charge in [0.25, 0.3) is 0 Å². The normalized spacial score (nSPS) is 25.9. The average molecular weight is 491 g/mol. The van der Waals surface area contributed by atoms with Crippen LogP contribution < -0.4 is 4.74 Å². The zero-order valence-electron chi connectivity index (χ0n) is 18.3. The van der Waals surface area contributed by atoms with Crippen molar-refractivity contribution in [2.75, 3.05) is 0 Å². The van der Waals surface area contributed by atoms with Gasteiger partial charge < -0.3 is 18.4 Å². The second kappa shape index (κ2) is 8.09. The Labute approximate surface area is 186 Å². The van der Waals surface area contributed by atoms with Crippen molar-refractivity contribution in [3.8, 4) is 17.2 Å². The van der Waals surface area contributed by atoms with E-state index in [4.69, 9.17) is 14.2 Å². The molecule has 2 aliphatic rings. The molecule has 11 heteroatoms. The third-order valence-electron chi connectivity index (χ3n) is 4.67. The molecule has 1 aliphatic heterocycles. The van der Waals surface area contributed by atoms with Gasteiger partial charge >= 0.3 is 15.6 Å². The highest BCUT2D eigenvalue weighted by Crippen LogP contribution is 2.51. The Morgan fingerprint density at radius 1 is 1.19 bits per heavy atom. The SMILES string of the molecule is CC1(C)O[C@@H]2CC=C(OS(=O)(=O)C(F)(F)F)[C@]2([C@@H](C#C[Si](C)(C)C)Oc2ccccc2)O1. The number of alkyl halides is 3. The van der Waals surface area contributed by atoms with Crippen molar-refractivity contribution in [1.82, 2.24) is 0 Å². The van der Waals surface area contributed by atoms with Crippen molar-refractivity contribution in [3.05, 3.63) is 42.2 Å². The van der Waals surface area contributed by atoms with E-state index in [2.05, 4.69) is 15.6 Å². The van der Waals surface area contributed by atoms with Crippen molar-refractivity contribution >= 4 is 18.2 Å². The van der Waals surface area contributed by atoms with Gasteiger partial charge in [-0.1, -0.05) is 43.8 Å². The van der Waals surface area contributed by atoms with Gasteiger partial charge in [-0.3, -0.25) is 0 Å². The highest BCUT2D eigenvalue weighted by atomic mass is 32.2. The van der Waals surface area contributed by atoms with E-state index >= 15 is 0 Å². The fraction of sp³-hybridized carbons (Fsp3) is 0.524. The molecule has 0 unspecified atom stereocenters. The quantitative estimate of drug-likeness (QED) is 0.264. The maximum absolute atomic E-state index is 13.1. The summed E-state index contributed by atoms with van der Waals surface area (Å²) in [5.41, 5.74) is -4.28. The molecule has 1 saturated heterocycles. The van der Waals surface area contributed by atoms with E-state index in [1.165, 1.54) is 6.08 Å². The molecule has 3 atom stereocenters. The van der Waals surface area contributed by atoms with Gasteiger partial charge in [0.2, 0.25) is 5.60 Å². The molecule has 0 spiro atoms. The van der Waals surface area contributed by atoms with Crippen LogP contribution in [0.5, 0.6) is 5.75 Å². The third kappa shape index (κ3) is 4.98. The number of ether oxygens (including phenoxy) is 3. The summed E-state index contributed by atoms with van der Waals surface area (Å²) in [6, 6.07) is 8.52. The zero-order chi connectivity index (χ0) is 24.0. The van der Waals surface area contributed by atoms with E-state index in [-0.39, 0.29) is 6.42 Å². The lowest BCUT2D eigenvalue weighted by molar-refractivity contribution is -0.172. The molecule has 0 aromatic heterocycles. The van der Waals surface area contributed by atoms with E-state index in [9.17, 15) is 21.6 Å². The molecule has 1 fully saturated rings. The molecule has 0 amide bonds. The molecule has 6 nitrogen and oxygen atoms in total. The molecular weight excluding hydrogens is 465 g/mol. The van der Waals surface area contributed by atoms with Crippen LogP contribution in [-0.4, -0.2) is 45.6 Å². The summed E-state index contributed by atoms with van der Waals surface area (Å²) in [4.78, 5) is 0. The average Bonchev–Trinajstić information content (AvgIpc) is 3.09. The highest BCUT2D eigenvalue weighted by molar-refractivity contribution is 7.87. The van der Waals surface area contributed by atoms with Crippen LogP contribution >= 0.6 is 0 Å². The second-order valence-electron chi connectivity index (χ2n) is 9.02. The molecule has 1 aromatic rings. The summed E-state index contributed by atoms with van der Waals surface area (Å²) in [7, 11) is -7.91. The van der Waals surface area contributed by atoms with Crippen molar-refractivity contribution < 1.29 is 40.0 Å². The van der Waals surface area contributed by atoms with Crippen LogP contribution in [0.4, 0.5) is 13.2 Å². The molecule has 32 heavy (non-hydrogen) atoms. The van der Waals surface area contributed by atoms with Crippen molar-refractivity contribution in [3.63, 3.8) is 0 Å². The minimum Gasteiger partial charge on any atom is -0.474 e. The first kappa shape index (κ1) is 24.6. The van der Waals surface area contributed by atoms with Crippen LogP contribution in [-0.2, 0) is 23.8 Å². The van der Waals surface area contributed by atoms with Crippen molar-refractivity contribution in [2.45, 2.75) is 69.0 Å². The van der Waals surface area contributed by atoms with Gasteiger partial charge in [-0.05, 0) is 38.5 Å². The smallest absolute Gasteiger partial charge is 0.474 e. The Morgan fingerprint density at radius 3 is 2.38 bits per heavy atom. The Morgan fingerprint density at radius 2 is 1.81 bits per heavy atom. The molecule has 1 heterocycles. The lowest BCUT2D eigenvalue weighted by atomic mass is 9.92. The fourth-order valence-corrected chi connectivity index (χ4v) is 4.58. The monoisotopic (exact) mass is 490 g/mol. The summed E-state index contributed by atoms with van der Waals surface area (Å²) in [6.45, 7) is 9.12. The van der Waals surface area contributed by atoms with Gasteiger partial charge in [0.1, 0.15) is 19.9 Å². The molecule has 0 radical (unpaired) electrons. The zero-order valence-corrected chi connectivity index (χ0v) is 20.1. The number of benzene rings is 1. The molecule has 0 saturated carbocycles. The molecule has 3 rings (SSSR count). The summed E-state index contributed by atoms with van der Waals surface area (Å²) in [5.74, 6) is 1.59. The number of fused-ring (bicyclic) bond motifs is 1. The van der Waals surface area contributed by atoms with Crippen LogP contribution in [0.15, 0.2) is 42.2 Å². The number of hydrogen-bond acceptors (Lipinski definition) is 6. The van der Waals surface area contributed by atoms with Crippen LogP contribution in [0.3, 0.4) is 0 Å². The predicted molar refractivity (Wildman–Crippen MR) is 114 cm³/mol. The molecular formula is C21H25F3O6SSi. The predicted octanol–water partition coefficient (Wildman–Crippen LogP) is 4.36. The molecule has 1 aliphatic carbocycles. The third-order valence-corrected chi connectivity index (χ3v) is 6.53. The van der Waals surface area contributed by atoms with E-state index < -0.39 is 53.1 Å². The molecule has 0 bridgehead atoms. The number of para-hydroxylation sites is 1. The summed E-state index contributed by atoms with van der Waals surface area (Å²) in [5, 5.41) is 0. The topological polar surface area (TPSA) is 71.1 Å². The van der Waals surface area contributed by atoms with E-state index in [0.717, 1.165) is 0 Å². The van der Waals surface area contributed by atoms with Gasteiger partial charge in [-0.2, -0.15) is 21.6 Å². The van der Waals surface area contributed by atoms with Gasteiger partial charge in [-0.25, -0.2) is 0 Å². The standard InChI is InChI=1S/C21H25F3O6SSi/c1-19(2)28-17-11-12-18(29-31(25,26)21(22,23)24)20(17,30-19)16(13-14-32(3,4)5)27-15-9-7-6-8-10-15/h6-10,12,16-17H,11H2,1-5H3/t16-,17-,20-/m1/s1. The summed E-state index contributed by atoms with van der Waals surface area (Å²) >= 11 is 0. The Balaban J connectivity index is 2.13. The first-order valence-electron chi connectivity index (χ1n) is 9.89. The van der Waals surface area contributed by atoms with Gasteiger partial charge in [0.15, 0.2) is 17.7 Å². The Kier molecular flexibility index (Phi) is 6.23. The van der Waals surface area contributed by atoms with Crippen LogP contribution in [0, 0.1) is 11.5 Å². The lowest BCUT2D eigenvalue weighted by Crippen LogP contribution is -2.53. The van der Waals surface area contributed by atoms with E-state index in [0.29, 0.717) is 5.75 Å². The lowest BCUT2D eigenvalue weighted by Gasteiger charge is -2.35. The number of halogens is 3. The minimum absolute atomic E-state index is 0.0649.